The molecule has 0 aromatic heterocycles. The van der Waals surface area contributed by atoms with Gasteiger partial charge in [-0.3, -0.25) is 4.79 Å². The van der Waals surface area contributed by atoms with Crippen molar-refractivity contribution in [2.45, 2.75) is 13.3 Å². The average molecular weight is 259 g/mol. The highest BCUT2D eigenvalue weighted by Gasteiger charge is 1.99. The minimum Gasteiger partial charge on any atom is -0.381 e. The third kappa shape index (κ3) is 10.5. The number of nitrogens with one attached hydrogen (secondary N) is 1. The molecule has 0 aliphatic heterocycles. The van der Waals surface area contributed by atoms with Crippen LogP contribution in [-0.4, -0.2) is 32.5 Å². The first-order valence-corrected chi connectivity index (χ1v) is 6.81. The van der Waals surface area contributed by atoms with Gasteiger partial charge >= 0.3 is 0 Å². The number of amides is 1. The Morgan fingerprint density at radius 3 is 3.29 bits per heavy atom. The van der Waals surface area contributed by atoms with Gasteiger partial charge in [-0.05, 0) is 19.7 Å². The summed E-state index contributed by atoms with van der Waals surface area (Å²) in [5.41, 5.74) is 0. The monoisotopic (exact) mass is 259 g/mol. The summed E-state index contributed by atoms with van der Waals surface area (Å²) in [6.07, 6.45) is 0.407. The first-order chi connectivity index (χ1) is 7.31. The molecule has 0 heterocycles. The van der Waals surface area contributed by atoms with Gasteiger partial charge in [-0.1, -0.05) is 10.8 Å². The normalized spacial score (nSPS) is 11.1. The summed E-state index contributed by atoms with van der Waals surface area (Å²) in [6, 6.07) is 0. The van der Waals surface area contributed by atoms with E-state index in [1.807, 2.05) is 6.92 Å². The number of hydrogen-bond acceptors (Lipinski definition) is 6. The number of ether oxygens (including phenoxy) is 1. The standard InChI is InChI=1S/C7H15NO3S3/c1-2-10-5-3-7(9)8-4-6-13-14-11-12/h12H,2-6H2,1H3,(H,8,9)/i/hT. The van der Waals surface area contributed by atoms with E-state index in [-0.39, 0.29) is 5.91 Å². The van der Waals surface area contributed by atoms with Crippen molar-refractivity contribution < 1.29 is 13.2 Å². The molecule has 0 aliphatic rings. The van der Waals surface area contributed by atoms with Crippen LogP contribution in [0.25, 0.3) is 0 Å². The van der Waals surface area contributed by atoms with E-state index in [1.165, 1.54) is 10.8 Å². The molecule has 0 aromatic carbocycles. The van der Waals surface area contributed by atoms with Gasteiger partial charge in [-0.2, -0.15) is 0 Å². The molecule has 7 heteroatoms. The van der Waals surface area contributed by atoms with E-state index in [0.717, 1.165) is 16.8 Å². The summed E-state index contributed by atoms with van der Waals surface area (Å²) in [7, 11) is 1.46. The maximum absolute atomic E-state index is 11.1. The van der Waals surface area contributed by atoms with Crippen LogP contribution in [-0.2, 0) is 13.2 Å². The van der Waals surface area contributed by atoms with Crippen LogP contribution in [0, 0.1) is 0 Å². The Hall–Kier alpha value is 0.440. The Kier molecular flexibility index (Phi) is 10.3. The Morgan fingerprint density at radius 2 is 2.57 bits per heavy atom. The molecule has 0 bridgehead atoms. The van der Waals surface area contributed by atoms with E-state index in [4.69, 9.17) is 5.86 Å². The molecule has 14 heavy (non-hydrogen) atoms. The third-order valence-corrected chi connectivity index (χ3v) is 3.24. The van der Waals surface area contributed by atoms with Crippen LogP contribution in [0.15, 0.2) is 0 Å². The first kappa shape index (κ1) is 12.5. The topological polar surface area (TPSA) is 47.6 Å². The van der Waals surface area contributed by atoms with Gasteiger partial charge in [-0.15, -0.1) is 0 Å². The zero-order valence-corrected chi connectivity index (χ0v) is 10.4. The van der Waals surface area contributed by atoms with Gasteiger partial charge < -0.3 is 10.1 Å². The Labute approximate surface area is 99.2 Å². The second-order valence-corrected chi connectivity index (χ2v) is 4.69. The van der Waals surface area contributed by atoms with Crippen LogP contribution in [0.5, 0.6) is 0 Å². The minimum atomic E-state index is 0.00448. The number of carbonyl (C=O) groups excluding carboxylic acids is 1. The molecule has 1 N–H and O–H groups in total. The molecule has 0 unspecified atom stereocenters. The lowest BCUT2D eigenvalue weighted by atomic mass is 10.4. The van der Waals surface area contributed by atoms with E-state index >= 15 is 0 Å². The molecule has 0 atom stereocenters. The van der Waals surface area contributed by atoms with Crippen molar-refractivity contribution in [2.24, 2.45) is 0 Å². The quantitative estimate of drug-likeness (QED) is 0.271. The SMILES string of the molecule is [3H]SOSSCCNC(=O)CCOCC. The lowest BCUT2D eigenvalue weighted by Crippen LogP contribution is -2.26. The van der Waals surface area contributed by atoms with Crippen LogP contribution in [0.3, 0.4) is 0 Å². The molecule has 84 valence electrons. The van der Waals surface area contributed by atoms with E-state index in [2.05, 4.69) is 8.95 Å². The highest BCUT2D eigenvalue weighted by atomic mass is 33.1. The molecule has 0 saturated carbocycles. The van der Waals surface area contributed by atoms with Crippen LogP contribution >= 0.6 is 34.7 Å². The number of carbonyl (C=O) groups is 1. The molecule has 0 aliphatic carbocycles. The lowest BCUT2D eigenvalue weighted by Gasteiger charge is -2.03. The van der Waals surface area contributed by atoms with E-state index in [1.54, 1.807) is 0 Å². The second-order valence-electron chi connectivity index (χ2n) is 2.25. The number of thiol groups is 1. The molecule has 0 radical (unpaired) electrons. The van der Waals surface area contributed by atoms with Gasteiger partial charge in [-0.25, -0.2) is 3.63 Å². The van der Waals surface area contributed by atoms with Gasteiger partial charge in [0.2, 0.25) is 5.91 Å². The summed E-state index contributed by atoms with van der Waals surface area (Å²) in [5, 5.41) is 2.76. The predicted octanol–water partition coefficient (Wildman–Crippen LogP) is 1.69. The van der Waals surface area contributed by atoms with Crippen molar-refractivity contribution in [3.63, 3.8) is 0 Å². The Bertz CT molecular complexity index is 164. The molecular formula is C7H15NO3S3. The van der Waals surface area contributed by atoms with Crippen molar-refractivity contribution in [1.82, 2.24) is 5.32 Å². The Balaban J connectivity index is 3.10. The summed E-state index contributed by atoms with van der Waals surface area (Å²) < 4.78 is 16.3. The van der Waals surface area contributed by atoms with Gasteiger partial charge in [0.1, 0.15) is 1.12 Å². The van der Waals surface area contributed by atoms with Gasteiger partial charge in [0.15, 0.2) is 0 Å². The van der Waals surface area contributed by atoms with Crippen molar-refractivity contribution in [3.8, 4) is 0 Å². The maximum Gasteiger partial charge on any atom is 0.222 e. The fraction of sp³-hybridized carbons (Fsp3) is 0.857. The van der Waals surface area contributed by atoms with Crippen LogP contribution in [0.2, 0.25) is 0 Å². The van der Waals surface area contributed by atoms with Gasteiger partial charge in [0.25, 0.3) is 0 Å². The second kappa shape index (κ2) is 11.5. The predicted molar refractivity (Wildman–Crippen MR) is 64.2 cm³/mol. The van der Waals surface area contributed by atoms with Crippen LogP contribution < -0.4 is 5.32 Å². The summed E-state index contributed by atoms with van der Waals surface area (Å²) in [6.45, 7) is 3.62. The molecule has 0 spiro atoms. The van der Waals surface area contributed by atoms with Crippen molar-refractivity contribution in [3.05, 3.63) is 0 Å². The molecule has 0 saturated heterocycles. The zero-order valence-electron chi connectivity index (χ0n) is 8.99. The fourth-order valence-corrected chi connectivity index (χ4v) is 1.90. The van der Waals surface area contributed by atoms with Crippen LogP contribution in [0.4, 0.5) is 0 Å². The van der Waals surface area contributed by atoms with Crippen molar-refractivity contribution in [1.29, 1.82) is 1.12 Å². The zero-order chi connectivity index (χ0) is 11.4. The highest BCUT2D eigenvalue weighted by molar-refractivity contribution is 8.75. The van der Waals surface area contributed by atoms with Crippen molar-refractivity contribution >= 4 is 40.6 Å². The first-order valence-electron chi connectivity index (χ1n) is 4.64. The largest absolute Gasteiger partial charge is 0.381 e. The summed E-state index contributed by atoms with van der Waals surface area (Å²) >= 11 is 1.71. The smallest absolute Gasteiger partial charge is 0.222 e. The third-order valence-electron chi connectivity index (χ3n) is 1.26. The highest BCUT2D eigenvalue weighted by Crippen LogP contribution is 2.22. The van der Waals surface area contributed by atoms with E-state index in [0.29, 0.717) is 39.0 Å². The Morgan fingerprint density at radius 1 is 1.71 bits per heavy atom. The average Bonchev–Trinajstić information content (AvgIpc) is 2.23. The fourth-order valence-electron chi connectivity index (χ4n) is 0.683. The van der Waals surface area contributed by atoms with Gasteiger partial charge in [0.05, 0.1) is 17.7 Å². The molecule has 1 amide bonds. The molecule has 0 fully saturated rings. The van der Waals surface area contributed by atoms with Crippen LogP contribution in [0.1, 0.15) is 13.3 Å². The molecule has 0 rings (SSSR count). The number of hydrogen-bond donors (Lipinski definition) is 2. The van der Waals surface area contributed by atoms with E-state index in [9.17, 15) is 4.79 Å². The molecule has 4 nitrogen and oxygen atoms in total. The van der Waals surface area contributed by atoms with Gasteiger partial charge in [0, 0.05) is 25.3 Å². The summed E-state index contributed by atoms with van der Waals surface area (Å²) in [5.74, 6) is 0.760. The summed E-state index contributed by atoms with van der Waals surface area (Å²) in [4.78, 5) is 11.1. The minimum absolute atomic E-state index is 0.00448. The lowest BCUT2D eigenvalue weighted by molar-refractivity contribution is -0.122. The number of rotatable bonds is 10. The van der Waals surface area contributed by atoms with E-state index < -0.39 is 0 Å². The molecule has 0 aromatic rings. The molecular weight excluding hydrogens is 242 g/mol. The maximum atomic E-state index is 11.1. The van der Waals surface area contributed by atoms with Crippen molar-refractivity contribution in [2.75, 3.05) is 25.5 Å².